The van der Waals surface area contributed by atoms with Gasteiger partial charge in [-0.05, 0) is 37.8 Å². The molecular formula is C15H23NO3. The first kappa shape index (κ1) is 15.5. The van der Waals surface area contributed by atoms with Gasteiger partial charge in [0.05, 0.1) is 6.61 Å². The zero-order valence-corrected chi connectivity index (χ0v) is 11.5. The van der Waals surface area contributed by atoms with Gasteiger partial charge in [0.1, 0.15) is 5.75 Å². The highest BCUT2D eigenvalue weighted by Gasteiger charge is 2.06. The van der Waals surface area contributed by atoms with Crippen molar-refractivity contribution in [3.63, 3.8) is 0 Å². The third-order valence-corrected chi connectivity index (χ3v) is 2.80. The van der Waals surface area contributed by atoms with E-state index < -0.39 is 0 Å². The largest absolute Gasteiger partial charge is 0.494 e. The maximum absolute atomic E-state index is 11.6. The molecule has 0 aliphatic heterocycles. The van der Waals surface area contributed by atoms with Gasteiger partial charge in [0.15, 0.2) is 0 Å². The normalized spacial score (nSPS) is 10.2. The van der Waals surface area contributed by atoms with Crippen LogP contribution in [0.3, 0.4) is 0 Å². The first-order chi connectivity index (χ1) is 9.27. The summed E-state index contributed by atoms with van der Waals surface area (Å²) in [5.41, 5.74) is 1.06. The molecule has 0 fully saturated rings. The molecule has 0 heterocycles. The van der Waals surface area contributed by atoms with Crippen molar-refractivity contribution in [1.82, 2.24) is 5.32 Å². The SMILES string of the molecule is CCOc1ccccc1CCC(=O)NCCCCO. The van der Waals surface area contributed by atoms with Gasteiger partial charge in [-0.2, -0.15) is 0 Å². The zero-order chi connectivity index (χ0) is 13.9. The molecule has 0 saturated carbocycles. The van der Waals surface area contributed by atoms with Crippen molar-refractivity contribution in [3.8, 4) is 5.75 Å². The van der Waals surface area contributed by atoms with Gasteiger partial charge in [0.25, 0.3) is 0 Å². The van der Waals surface area contributed by atoms with E-state index in [9.17, 15) is 4.79 Å². The van der Waals surface area contributed by atoms with Crippen molar-refractivity contribution in [1.29, 1.82) is 0 Å². The van der Waals surface area contributed by atoms with Crippen molar-refractivity contribution >= 4 is 5.91 Å². The molecule has 0 aliphatic rings. The molecule has 1 aromatic rings. The fourth-order valence-corrected chi connectivity index (χ4v) is 1.81. The first-order valence-corrected chi connectivity index (χ1v) is 6.86. The van der Waals surface area contributed by atoms with Crippen LogP contribution in [0.15, 0.2) is 24.3 Å². The fraction of sp³-hybridized carbons (Fsp3) is 0.533. The highest BCUT2D eigenvalue weighted by molar-refractivity contribution is 5.76. The molecule has 1 amide bonds. The average molecular weight is 265 g/mol. The van der Waals surface area contributed by atoms with Crippen LogP contribution in [-0.2, 0) is 11.2 Å². The Hall–Kier alpha value is -1.55. The second-order valence-corrected chi connectivity index (χ2v) is 4.32. The van der Waals surface area contributed by atoms with E-state index in [0.717, 1.165) is 24.2 Å². The van der Waals surface area contributed by atoms with Crippen LogP contribution < -0.4 is 10.1 Å². The number of aliphatic hydroxyl groups is 1. The highest BCUT2D eigenvalue weighted by atomic mass is 16.5. The number of carbonyl (C=O) groups excluding carboxylic acids is 1. The number of ether oxygens (including phenoxy) is 1. The van der Waals surface area contributed by atoms with Crippen LogP contribution in [0.1, 0.15) is 31.7 Å². The Labute approximate surface area is 114 Å². The van der Waals surface area contributed by atoms with Gasteiger partial charge in [-0.3, -0.25) is 4.79 Å². The summed E-state index contributed by atoms with van der Waals surface area (Å²) in [7, 11) is 0. The number of benzene rings is 1. The van der Waals surface area contributed by atoms with E-state index in [4.69, 9.17) is 9.84 Å². The van der Waals surface area contributed by atoms with E-state index in [1.807, 2.05) is 31.2 Å². The summed E-state index contributed by atoms with van der Waals surface area (Å²) >= 11 is 0. The second-order valence-electron chi connectivity index (χ2n) is 4.32. The number of carbonyl (C=O) groups is 1. The molecule has 4 nitrogen and oxygen atoms in total. The number of aryl methyl sites for hydroxylation is 1. The number of nitrogens with one attached hydrogen (secondary N) is 1. The summed E-state index contributed by atoms with van der Waals surface area (Å²) in [6.45, 7) is 3.39. The van der Waals surface area contributed by atoms with Gasteiger partial charge in [0, 0.05) is 19.6 Å². The monoisotopic (exact) mass is 265 g/mol. The third-order valence-electron chi connectivity index (χ3n) is 2.80. The molecule has 0 spiro atoms. The molecule has 0 aromatic heterocycles. The molecule has 2 N–H and O–H groups in total. The standard InChI is InChI=1S/C15H23NO3/c1-2-19-14-8-4-3-7-13(14)9-10-15(18)16-11-5-6-12-17/h3-4,7-8,17H,2,5-6,9-12H2,1H3,(H,16,18). The van der Waals surface area contributed by atoms with Crippen LogP contribution in [0.2, 0.25) is 0 Å². The summed E-state index contributed by atoms with van der Waals surface area (Å²) in [5, 5.41) is 11.5. The van der Waals surface area contributed by atoms with Gasteiger partial charge < -0.3 is 15.2 Å². The molecule has 1 aromatic carbocycles. The molecule has 0 saturated heterocycles. The number of rotatable bonds is 9. The molecule has 0 aliphatic carbocycles. The van der Waals surface area contributed by atoms with Gasteiger partial charge in [-0.1, -0.05) is 18.2 Å². The van der Waals surface area contributed by atoms with E-state index in [1.54, 1.807) is 0 Å². The van der Waals surface area contributed by atoms with Gasteiger partial charge >= 0.3 is 0 Å². The Kier molecular flexibility index (Phi) is 7.66. The summed E-state index contributed by atoms with van der Waals surface area (Å²) in [6.07, 6.45) is 2.69. The molecule has 1 rings (SSSR count). The topological polar surface area (TPSA) is 58.6 Å². The minimum atomic E-state index is 0.0456. The quantitative estimate of drug-likeness (QED) is 0.671. The molecule has 0 unspecified atom stereocenters. The van der Waals surface area contributed by atoms with Gasteiger partial charge in [-0.15, -0.1) is 0 Å². The van der Waals surface area contributed by atoms with Crippen LogP contribution in [0.5, 0.6) is 5.75 Å². The van der Waals surface area contributed by atoms with Crippen LogP contribution in [-0.4, -0.2) is 30.8 Å². The molecule has 0 atom stereocenters. The lowest BCUT2D eigenvalue weighted by Crippen LogP contribution is -2.24. The van der Waals surface area contributed by atoms with Crippen molar-refractivity contribution in [2.45, 2.75) is 32.6 Å². The highest BCUT2D eigenvalue weighted by Crippen LogP contribution is 2.19. The molecule has 0 bridgehead atoms. The molecule has 19 heavy (non-hydrogen) atoms. The number of aliphatic hydroxyl groups excluding tert-OH is 1. The molecular weight excluding hydrogens is 242 g/mol. The van der Waals surface area contributed by atoms with E-state index in [1.165, 1.54) is 0 Å². The minimum absolute atomic E-state index is 0.0456. The summed E-state index contributed by atoms with van der Waals surface area (Å²) in [5.74, 6) is 0.905. The van der Waals surface area contributed by atoms with E-state index >= 15 is 0 Å². The van der Waals surface area contributed by atoms with E-state index in [2.05, 4.69) is 5.32 Å². The minimum Gasteiger partial charge on any atom is -0.494 e. The Bertz CT molecular complexity index is 379. The average Bonchev–Trinajstić information content (AvgIpc) is 2.43. The summed E-state index contributed by atoms with van der Waals surface area (Å²) in [4.78, 5) is 11.6. The molecule has 106 valence electrons. The van der Waals surface area contributed by atoms with Crippen LogP contribution in [0, 0.1) is 0 Å². The number of hydrogen-bond acceptors (Lipinski definition) is 3. The molecule has 0 radical (unpaired) electrons. The Balaban J connectivity index is 2.33. The summed E-state index contributed by atoms with van der Waals surface area (Å²) < 4.78 is 5.52. The number of amides is 1. The maximum atomic E-state index is 11.6. The van der Waals surface area contributed by atoms with Crippen LogP contribution >= 0.6 is 0 Å². The van der Waals surface area contributed by atoms with Crippen molar-refractivity contribution in [3.05, 3.63) is 29.8 Å². The summed E-state index contributed by atoms with van der Waals surface area (Å²) in [6, 6.07) is 7.81. The van der Waals surface area contributed by atoms with Crippen molar-refractivity contribution < 1.29 is 14.6 Å². The van der Waals surface area contributed by atoms with Crippen LogP contribution in [0.4, 0.5) is 0 Å². The van der Waals surface area contributed by atoms with Crippen molar-refractivity contribution in [2.75, 3.05) is 19.8 Å². The number of hydrogen-bond donors (Lipinski definition) is 2. The lowest BCUT2D eigenvalue weighted by Gasteiger charge is -2.10. The van der Waals surface area contributed by atoms with Gasteiger partial charge in [-0.25, -0.2) is 0 Å². The Morgan fingerprint density at radius 1 is 1.32 bits per heavy atom. The van der Waals surface area contributed by atoms with Gasteiger partial charge in [0.2, 0.25) is 5.91 Å². The lowest BCUT2D eigenvalue weighted by atomic mass is 10.1. The Morgan fingerprint density at radius 3 is 2.84 bits per heavy atom. The lowest BCUT2D eigenvalue weighted by molar-refractivity contribution is -0.121. The maximum Gasteiger partial charge on any atom is 0.220 e. The smallest absolute Gasteiger partial charge is 0.220 e. The second kappa shape index (κ2) is 9.39. The predicted octanol–water partition coefficient (Wildman–Crippen LogP) is 1.91. The Morgan fingerprint density at radius 2 is 2.11 bits per heavy atom. The number of para-hydroxylation sites is 1. The third kappa shape index (κ3) is 6.25. The number of unbranched alkanes of at least 4 members (excludes halogenated alkanes) is 1. The van der Waals surface area contributed by atoms with E-state index in [0.29, 0.717) is 26.0 Å². The zero-order valence-electron chi connectivity index (χ0n) is 11.5. The molecule has 4 heteroatoms. The fourth-order valence-electron chi connectivity index (χ4n) is 1.81. The first-order valence-electron chi connectivity index (χ1n) is 6.86. The van der Waals surface area contributed by atoms with Crippen molar-refractivity contribution in [2.24, 2.45) is 0 Å². The van der Waals surface area contributed by atoms with E-state index in [-0.39, 0.29) is 12.5 Å². The predicted molar refractivity (Wildman–Crippen MR) is 75.3 cm³/mol. The van der Waals surface area contributed by atoms with Crippen LogP contribution in [0.25, 0.3) is 0 Å².